The van der Waals surface area contributed by atoms with Crippen molar-refractivity contribution in [1.82, 2.24) is 10.2 Å². The van der Waals surface area contributed by atoms with Crippen LogP contribution in [0.15, 0.2) is 24.3 Å². The van der Waals surface area contributed by atoms with Gasteiger partial charge in [0.25, 0.3) is 0 Å². The summed E-state index contributed by atoms with van der Waals surface area (Å²) in [5.74, 6) is -1.05. The molecule has 1 aromatic carbocycles. The molecule has 5 nitrogen and oxygen atoms in total. The largest absolute Gasteiger partial charge is 0.435 e. The van der Waals surface area contributed by atoms with Gasteiger partial charge in [-0.1, -0.05) is 6.42 Å². The molecule has 1 aromatic rings. The van der Waals surface area contributed by atoms with Crippen molar-refractivity contribution in [3.05, 3.63) is 29.8 Å². The average Bonchev–Trinajstić information content (AvgIpc) is 2.64. The van der Waals surface area contributed by atoms with Gasteiger partial charge in [0.05, 0.1) is 0 Å². The van der Waals surface area contributed by atoms with Crippen LogP contribution in [0.1, 0.15) is 31.2 Å². The van der Waals surface area contributed by atoms with Crippen LogP contribution >= 0.6 is 0 Å². The van der Waals surface area contributed by atoms with Gasteiger partial charge in [0.1, 0.15) is 11.5 Å². The first-order valence-electron chi connectivity index (χ1n) is 9.16. The van der Waals surface area contributed by atoms with Gasteiger partial charge in [0.2, 0.25) is 5.91 Å². The van der Waals surface area contributed by atoms with Crippen LogP contribution in [-0.4, -0.2) is 50.2 Å². The SMILES string of the molecule is O=C(/C=C/c1ccc(OC(F)F)cc1OC(F)F)NCCCN1CCCCC1. The van der Waals surface area contributed by atoms with Crippen molar-refractivity contribution in [3.63, 3.8) is 0 Å². The zero-order valence-electron chi connectivity index (χ0n) is 15.4. The van der Waals surface area contributed by atoms with Gasteiger partial charge in [-0.05, 0) is 57.1 Å². The summed E-state index contributed by atoms with van der Waals surface area (Å²) in [4.78, 5) is 14.3. The summed E-state index contributed by atoms with van der Waals surface area (Å²) in [7, 11) is 0. The Morgan fingerprint density at radius 2 is 1.82 bits per heavy atom. The minimum Gasteiger partial charge on any atom is -0.435 e. The number of rotatable bonds is 10. The van der Waals surface area contributed by atoms with Gasteiger partial charge < -0.3 is 19.7 Å². The van der Waals surface area contributed by atoms with Crippen LogP contribution in [0.2, 0.25) is 0 Å². The molecule has 1 aliphatic heterocycles. The lowest BCUT2D eigenvalue weighted by Gasteiger charge is -2.26. The Labute approximate surface area is 161 Å². The number of hydrogen-bond acceptors (Lipinski definition) is 4. The highest BCUT2D eigenvalue weighted by atomic mass is 19.3. The maximum absolute atomic E-state index is 12.5. The molecule has 0 aromatic heterocycles. The van der Waals surface area contributed by atoms with E-state index in [2.05, 4.69) is 19.7 Å². The zero-order valence-corrected chi connectivity index (χ0v) is 15.4. The van der Waals surface area contributed by atoms with Crippen molar-refractivity contribution in [2.75, 3.05) is 26.2 Å². The number of nitrogens with one attached hydrogen (secondary N) is 1. The number of alkyl halides is 4. The normalized spacial score (nSPS) is 15.4. The van der Waals surface area contributed by atoms with E-state index in [9.17, 15) is 22.4 Å². The van der Waals surface area contributed by atoms with Crippen LogP contribution in [-0.2, 0) is 4.79 Å². The smallest absolute Gasteiger partial charge is 0.387 e. The predicted molar refractivity (Wildman–Crippen MR) is 96.7 cm³/mol. The van der Waals surface area contributed by atoms with Crippen LogP contribution in [0.5, 0.6) is 11.5 Å². The van der Waals surface area contributed by atoms with Gasteiger partial charge in [-0.2, -0.15) is 17.6 Å². The first-order chi connectivity index (χ1) is 13.4. The van der Waals surface area contributed by atoms with E-state index in [0.717, 1.165) is 32.1 Å². The molecule has 0 atom stereocenters. The number of carbonyl (C=O) groups excluding carboxylic acids is 1. The number of benzene rings is 1. The molecule has 0 unspecified atom stereocenters. The third-order valence-corrected chi connectivity index (χ3v) is 4.24. The molecule has 1 aliphatic rings. The number of amides is 1. The standard InChI is InChI=1S/C19H24F4N2O3/c20-18(21)27-15-7-5-14(16(13-15)28-19(22)23)6-8-17(26)24-9-4-12-25-10-2-1-3-11-25/h5-8,13,18-19H,1-4,9-12H2,(H,24,26)/b8-6+. The third-order valence-electron chi connectivity index (χ3n) is 4.24. The van der Waals surface area contributed by atoms with Crippen LogP contribution < -0.4 is 14.8 Å². The lowest BCUT2D eigenvalue weighted by atomic mass is 10.1. The number of hydrogen-bond donors (Lipinski definition) is 1. The van der Waals surface area contributed by atoms with Gasteiger partial charge in [-0.25, -0.2) is 0 Å². The number of likely N-dealkylation sites (tertiary alicyclic amines) is 1. The zero-order chi connectivity index (χ0) is 20.4. The molecule has 1 fully saturated rings. The van der Waals surface area contributed by atoms with Crippen LogP contribution in [0.3, 0.4) is 0 Å². The summed E-state index contributed by atoms with van der Waals surface area (Å²) in [5.41, 5.74) is 0.144. The lowest BCUT2D eigenvalue weighted by molar-refractivity contribution is -0.116. The quantitative estimate of drug-likeness (QED) is 0.365. The van der Waals surface area contributed by atoms with Crippen molar-refractivity contribution in [2.24, 2.45) is 0 Å². The Hall–Kier alpha value is -2.29. The molecule has 1 amide bonds. The molecule has 0 aliphatic carbocycles. The number of piperidine rings is 1. The molecule has 0 saturated carbocycles. The molecular formula is C19H24F4N2O3. The fourth-order valence-corrected chi connectivity index (χ4v) is 2.95. The summed E-state index contributed by atoms with van der Waals surface area (Å²) < 4.78 is 58.1. The Morgan fingerprint density at radius 3 is 2.50 bits per heavy atom. The molecule has 1 N–H and O–H groups in total. The Kier molecular flexibility index (Phi) is 9.06. The molecule has 0 bridgehead atoms. The van der Waals surface area contributed by atoms with E-state index in [1.165, 1.54) is 43.5 Å². The minimum atomic E-state index is -3.14. The highest BCUT2D eigenvalue weighted by Crippen LogP contribution is 2.28. The fraction of sp³-hybridized carbons (Fsp3) is 0.526. The highest BCUT2D eigenvalue weighted by molar-refractivity contribution is 5.92. The Bertz CT molecular complexity index is 650. The molecule has 2 rings (SSSR count). The second-order valence-corrected chi connectivity index (χ2v) is 6.34. The lowest BCUT2D eigenvalue weighted by Crippen LogP contribution is -2.33. The third kappa shape index (κ3) is 8.16. The molecule has 1 heterocycles. The summed E-state index contributed by atoms with van der Waals surface area (Å²) in [6.45, 7) is -2.63. The molecule has 28 heavy (non-hydrogen) atoms. The summed E-state index contributed by atoms with van der Waals surface area (Å²) in [6, 6.07) is 3.37. The van der Waals surface area contributed by atoms with E-state index >= 15 is 0 Å². The second kappa shape index (κ2) is 11.5. The average molecular weight is 404 g/mol. The maximum atomic E-state index is 12.5. The van der Waals surface area contributed by atoms with E-state index in [-0.39, 0.29) is 23.0 Å². The van der Waals surface area contributed by atoms with Gasteiger partial charge in [-0.3, -0.25) is 4.79 Å². The number of carbonyl (C=O) groups is 1. The van der Waals surface area contributed by atoms with Crippen molar-refractivity contribution in [1.29, 1.82) is 0 Å². The van der Waals surface area contributed by atoms with E-state index in [1.54, 1.807) is 0 Å². The summed E-state index contributed by atoms with van der Waals surface area (Å²) in [6.07, 6.45) is 6.97. The highest BCUT2D eigenvalue weighted by Gasteiger charge is 2.13. The van der Waals surface area contributed by atoms with Gasteiger partial charge >= 0.3 is 13.2 Å². The Balaban J connectivity index is 1.85. The first kappa shape index (κ1) is 22.0. The van der Waals surface area contributed by atoms with Crippen molar-refractivity contribution in [3.8, 4) is 11.5 Å². The van der Waals surface area contributed by atoms with Crippen molar-refractivity contribution < 1.29 is 31.8 Å². The first-order valence-corrected chi connectivity index (χ1v) is 9.16. The van der Waals surface area contributed by atoms with E-state index < -0.39 is 13.2 Å². The second-order valence-electron chi connectivity index (χ2n) is 6.34. The van der Waals surface area contributed by atoms with Crippen LogP contribution in [0, 0.1) is 0 Å². The number of ether oxygens (including phenoxy) is 2. The number of halogens is 4. The van der Waals surface area contributed by atoms with Crippen molar-refractivity contribution in [2.45, 2.75) is 38.9 Å². The molecule has 0 radical (unpaired) electrons. The molecule has 1 saturated heterocycles. The van der Waals surface area contributed by atoms with Crippen molar-refractivity contribution >= 4 is 12.0 Å². The molecule has 0 spiro atoms. The monoisotopic (exact) mass is 404 g/mol. The van der Waals surface area contributed by atoms with Gasteiger partial charge in [-0.15, -0.1) is 0 Å². The minimum absolute atomic E-state index is 0.144. The molecule has 156 valence electrons. The predicted octanol–water partition coefficient (Wildman–Crippen LogP) is 3.89. The van der Waals surface area contributed by atoms with Crippen LogP contribution in [0.4, 0.5) is 17.6 Å². The summed E-state index contributed by atoms with van der Waals surface area (Å²) in [5, 5.41) is 2.72. The summed E-state index contributed by atoms with van der Waals surface area (Å²) >= 11 is 0. The molecule has 9 heteroatoms. The van der Waals surface area contributed by atoms with E-state index in [4.69, 9.17) is 0 Å². The number of nitrogens with zero attached hydrogens (tertiary/aromatic N) is 1. The molecular weight excluding hydrogens is 380 g/mol. The van der Waals surface area contributed by atoms with E-state index in [0.29, 0.717) is 6.54 Å². The van der Waals surface area contributed by atoms with Gasteiger partial charge in [0, 0.05) is 24.3 Å². The maximum Gasteiger partial charge on any atom is 0.387 e. The van der Waals surface area contributed by atoms with E-state index in [1.807, 2.05) is 0 Å². The topological polar surface area (TPSA) is 50.8 Å². The fourth-order valence-electron chi connectivity index (χ4n) is 2.95. The Morgan fingerprint density at radius 1 is 1.11 bits per heavy atom. The van der Waals surface area contributed by atoms with Gasteiger partial charge in [0.15, 0.2) is 0 Å². The van der Waals surface area contributed by atoms with Crippen LogP contribution in [0.25, 0.3) is 6.08 Å².